The average molecular weight is 276 g/mol. The highest BCUT2D eigenvalue weighted by Gasteiger charge is 2.04. The van der Waals surface area contributed by atoms with Crippen molar-refractivity contribution in [2.45, 2.75) is 13.5 Å². The minimum absolute atomic E-state index is 0.0246. The quantitative estimate of drug-likeness (QED) is 0.681. The van der Waals surface area contributed by atoms with Crippen molar-refractivity contribution < 1.29 is 4.79 Å². The molecule has 0 unspecified atom stereocenters. The molecule has 0 amide bonds. The van der Waals surface area contributed by atoms with E-state index in [-0.39, 0.29) is 5.78 Å². The highest BCUT2D eigenvalue weighted by atomic mass is 16.1. The molecule has 3 aromatic rings. The van der Waals surface area contributed by atoms with Gasteiger partial charge in [0.25, 0.3) is 0 Å². The van der Waals surface area contributed by atoms with Crippen LogP contribution in [0.1, 0.15) is 18.2 Å². The Morgan fingerprint density at radius 1 is 1.14 bits per heavy atom. The van der Waals surface area contributed by atoms with Crippen molar-refractivity contribution >= 4 is 22.9 Å². The summed E-state index contributed by atoms with van der Waals surface area (Å²) in [5.74, 6) is 0.0246. The molecule has 0 saturated carbocycles. The van der Waals surface area contributed by atoms with E-state index in [4.69, 9.17) is 0 Å². The van der Waals surface area contributed by atoms with Crippen LogP contribution in [0.4, 0.5) is 0 Å². The Morgan fingerprint density at radius 2 is 1.95 bits per heavy atom. The monoisotopic (exact) mass is 276 g/mol. The largest absolute Gasteiger partial charge is 0.328 e. The minimum atomic E-state index is 0.0246. The molecule has 0 fully saturated rings. The van der Waals surface area contributed by atoms with E-state index in [2.05, 4.69) is 27.8 Å². The topological polar surface area (TPSA) is 34.9 Å². The lowest BCUT2D eigenvalue weighted by atomic mass is 10.2. The fourth-order valence-corrected chi connectivity index (χ4v) is 2.28. The Hall–Kier alpha value is -2.68. The molecule has 2 aromatic heterocycles. The van der Waals surface area contributed by atoms with Gasteiger partial charge in [0.15, 0.2) is 5.78 Å². The van der Waals surface area contributed by atoms with Gasteiger partial charge in [-0.2, -0.15) is 0 Å². The molecule has 0 atom stereocenters. The van der Waals surface area contributed by atoms with Gasteiger partial charge in [-0.25, -0.2) is 4.98 Å². The van der Waals surface area contributed by atoms with Crippen LogP contribution in [-0.2, 0) is 11.3 Å². The molecular formula is C18H16N2O. The molecule has 0 bridgehead atoms. The summed E-state index contributed by atoms with van der Waals surface area (Å²) >= 11 is 0. The summed E-state index contributed by atoms with van der Waals surface area (Å²) in [6.45, 7) is 2.32. The van der Waals surface area contributed by atoms with Crippen molar-refractivity contribution in [3.05, 3.63) is 72.1 Å². The molecule has 0 N–H and O–H groups in total. The molecule has 0 aliphatic heterocycles. The summed E-state index contributed by atoms with van der Waals surface area (Å²) < 4.78 is 2.12. The number of pyridine rings is 1. The fraction of sp³-hybridized carbons (Fsp3) is 0.111. The van der Waals surface area contributed by atoms with Gasteiger partial charge in [-0.05, 0) is 42.8 Å². The second-order valence-electron chi connectivity index (χ2n) is 5.02. The van der Waals surface area contributed by atoms with Crippen molar-refractivity contribution in [2.24, 2.45) is 0 Å². The maximum Gasteiger partial charge on any atom is 0.152 e. The standard InChI is InChI=1S/C18H16N2O/c1-14(21)7-9-17-10-8-16-11-12-20(18(16)19-17)13-15-5-3-2-4-6-15/h2-12H,13H2,1H3/b9-7+. The predicted octanol–water partition coefficient (Wildman–Crippen LogP) is 3.69. The van der Waals surface area contributed by atoms with E-state index in [0.717, 1.165) is 23.3 Å². The summed E-state index contributed by atoms with van der Waals surface area (Å²) in [5, 5.41) is 1.10. The Balaban J connectivity index is 1.96. The summed E-state index contributed by atoms with van der Waals surface area (Å²) in [6, 6.07) is 16.3. The third-order valence-corrected chi connectivity index (χ3v) is 3.32. The van der Waals surface area contributed by atoms with Gasteiger partial charge in [0, 0.05) is 18.1 Å². The first-order valence-corrected chi connectivity index (χ1v) is 6.91. The second kappa shape index (κ2) is 5.75. The van der Waals surface area contributed by atoms with Crippen molar-refractivity contribution in [1.29, 1.82) is 0 Å². The molecule has 2 heterocycles. The molecule has 0 aliphatic rings. The van der Waals surface area contributed by atoms with E-state index in [0.29, 0.717) is 0 Å². The Morgan fingerprint density at radius 3 is 2.71 bits per heavy atom. The summed E-state index contributed by atoms with van der Waals surface area (Å²) in [5.41, 5.74) is 2.97. The summed E-state index contributed by atoms with van der Waals surface area (Å²) in [7, 11) is 0. The molecular weight excluding hydrogens is 260 g/mol. The van der Waals surface area contributed by atoms with Crippen LogP contribution in [0.25, 0.3) is 17.1 Å². The number of hydrogen-bond donors (Lipinski definition) is 0. The number of carbonyl (C=O) groups is 1. The predicted molar refractivity (Wildman–Crippen MR) is 85.0 cm³/mol. The smallest absolute Gasteiger partial charge is 0.152 e. The zero-order valence-electron chi connectivity index (χ0n) is 11.9. The van der Waals surface area contributed by atoms with Gasteiger partial charge in [-0.3, -0.25) is 4.79 Å². The lowest BCUT2D eigenvalue weighted by Crippen LogP contribution is -1.99. The highest BCUT2D eigenvalue weighted by Crippen LogP contribution is 2.16. The third kappa shape index (κ3) is 3.08. The molecule has 3 heteroatoms. The van der Waals surface area contributed by atoms with Gasteiger partial charge in [0.2, 0.25) is 0 Å². The number of hydrogen-bond acceptors (Lipinski definition) is 2. The van der Waals surface area contributed by atoms with E-state index in [1.54, 1.807) is 12.2 Å². The van der Waals surface area contributed by atoms with Crippen LogP contribution in [0, 0.1) is 0 Å². The molecule has 21 heavy (non-hydrogen) atoms. The molecule has 104 valence electrons. The molecule has 0 saturated heterocycles. The van der Waals surface area contributed by atoms with Gasteiger partial charge in [0.1, 0.15) is 5.65 Å². The molecule has 3 rings (SSSR count). The van der Waals surface area contributed by atoms with Crippen molar-refractivity contribution in [2.75, 3.05) is 0 Å². The zero-order valence-corrected chi connectivity index (χ0v) is 11.9. The number of rotatable bonds is 4. The van der Waals surface area contributed by atoms with E-state index < -0.39 is 0 Å². The first-order valence-electron chi connectivity index (χ1n) is 6.91. The van der Waals surface area contributed by atoms with Crippen LogP contribution in [0.15, 0.2) is 60.8 Å². The highest BCUT2D eigenvalue weighted by molar-refractivity contribution is 5.91. The molecule has 3 nitrogen and oxygen atoms in total. The van der Waals surface area contributed by atoms with E-state index in [1.165, 1.54) is 12.5 Å². The van der Waals surface area contributed by atoms with Crippen molar-refractivity contribution in [1.82, 2.24) is 9.55 Å². The van der Waals surface area contributed by atoms with Crippen LogP contribution in [0.2, 0.25) is 0 Å². The first kappa shape index (κ1) is 13.3. The van der Waals surface area contributed by atoms with Crippen molar-refractivity contribution in [3.63, 3.8) is 0 Å². The molecule has 1 aromatic carbocycles. The maximum absolute atomic E-state index is 11.0. The van der Waals surface area contributed by atoms with E-state index >= 15 is 0 Å². The minimum Gasteiger partial charge on any atom is -0.328 e. The van der Waals surface area contributed by atoms with Gasteiger partial charge in [-0.1, -0.05) is 30.3 Å². The number of aromatic nitrogens is 2. The second-order valence-corrected chi connectivity index (χ2v) is 5.02. The van der Waals surface area contributed by atoms with Gasteiger partial charge in [-0.15, -0.1) is 0 Å². The van der Waals surface area contributed by atoms with Gasteiger partial charge < -0.3 is 4.57 Å². The maximum atomic E-state index is 11.0. The SMILES string of the molecule is CC(=O)/C=C/c1ccc2ccn(Cc3ccccc3)c2n1. The fourth-order valence-electron chi connectivity index (χ4n) is 2.28. The number of carbonyl (C=O) groups excluding carboxylic acids is 1. The van der Waals surface area contributed by atoms with Crippen LogP contribution in [0.5, 0.6) is 0 Å². The number of benzene rings is 1. The Bertz CT molecular complexity index is 800. The van der Waals surface area contributed by atoms with Crippen LogP contribution in [-0.4, -0.2) is 15.3 Å². The molecule has 0 spiro atoms. The first-order chi connectivity index (χ1) is 10.2. The summed E-state index contributed by atoms with van der Waals surface area (Å²) in [4.78, 5) is 15.6. The molecule has 0 radical (unpaired) electrons. The normalized spacial score (nSPS) is 11.3. The number of allylic oxidation sites excluding steroid dienone is 1. The van der Waals surface area contributed by atoms with Crippen molar-refractivity contribution in [3.8, 4) is 0 Å². The van der Waals surface area contributed by atoms with Crippen LogP contribution >= 0.6 is 0 Å². The number of nitrogens with zero attached hydrogens (tertiary/aromatic N) is 2. The number of fused-ring (bicyclic) bond motifs is 1. The zero-order chi connectivity index (χ0) is 14.7. The average Bonchev–Trinajstić information content (AvgIpc) is 2.89. The lowest BCUT2D eigenvalue weighted by Gasteiger charge is -2.05. The summed E-state index contributed by atoms with van der Waals surface area (Å²) in [6.07, 6.45) is 5.34. The van der Waals surface area contributed by atoms with E-state index in [1.807, 2.05) is 36.5 Å². The van der Waals surface area contributed by atoms with Crippen LogP contribution in [0.3, 0.4) is 0 Å². The number of ketones is 1. The Kier molecular flexibility index (Phi) is 3.65. The van der Waals surface area contributed by atoms with E-state index in [9.17, 15) is 4.79 Å². The van der Waals surface area contributed by atoms with Gasteiger partial charge >= 0.3 is 0 Å². The van der Waals surface area contributed by atoms with Gasteiger partial charge in [0.05, 0.1) is 5.69 Å². The Labute approximate surface area is 123 Å². The van der Waals surface area contributed by atoms with Crippen LogP contribution < -0.4 is 0 Å². The third-order valence-electron chi connectivity index (χ3n) is 3.32. The molecule has 0 aliphatic carbocycles. The lowest BCUT2D eigenvalue weighted by molar-refractivity contribution is -0.112.